The van der Waals surface area contributed by atoms with Gasteiger partial charge in [0.15, 0.2) is 0 Å². The van der Waals surface area contributed by atoms with E-state index in [0.29, 0.717) is 12.2 Å². The van der Waals surface area contributed by atoms with Crippen LogP contribution in [-0.2, 0) is 6.42 Å². The van der Waals surface area contributed by atoms with Crippen molar-refractivity contribution in [1.29, 1.82) is 0 Å². The molecule has 1 atom stereocenters. The third kappa shape index (κ3) is 2.87. The Morgan fingerprint density at radius 2 is 2.38 bits per heavy atom. The molecule has 13 heavy (non-hydrogen) atoms. The van der Waals surface area contributed by atoms with E-state index in [-0.39, 0.29) is 11.9 Å². The van der Waals surface area contributed by atoms with Crippen LogP contribution < -0.4 is 5.73 Å². The average molecular weight is 184 g/mol. The van der Waals surface area contributed by atoms with Gasteiger partial charge < -0.3 is 10.2 Å². The SMILES string of the molecule is C[C@H](N)CCc1ccc([N+](=O)[O-])o1. The second kappa shape index (κ2) is 4.04. The number of hydrogen-bond donors (Lipinski definition) is 1. The van der Waals surface area contributed by atoms with Crippen molar-refractivity contribution in [2.24, 2.45) is 5.73 Å². The second-order valence-electron chi connectivity index (χ2n) is 3.01. The smallest absolute Gasteiger partial charge is 0.406 e. The van der Waals surface area contributed by atoms with Crippen LogP contribution in [0, 0.1) is 10.1 Å². The number of nitro groups is 1. The van der Waals surface area contributed by atoms with Gasteiger partial charge in [-0.2, -0.15) is 0 Å². The van der Waals surface area contributed by atoms with Gasteiger partial charge in [0.05, 0.1) is 6.07 Å². The summed E-state index contributed by atoms with van der Waals surface area (Å²) < 4.78 is 4.94. The summed E-state index contributed by atoms with van der Waals surface area (Å²) >= 11 is 0. The van der Waals surface area contributed by atoms with Gasteiger partial charge in [0, 0.05) is 12.5 Å². The molecule has 0 amide bonds. The maximum atomic E-state index is 10.2. The number of aryl methyl sites for hydroxylation is 1. The van der Waals surface area contributed by atoms with E-state index in [1.807, 2.05) is 6.92 Å². The Morgan fingerprint density at radius 3 is 2.85 bits per heavy atom. The normalized spacial score (nSPS) is 12.8. The van der Waals surface area contributed by atoms with Crippen LogP contribution in [0.25, 0.3) is 0 Å². The van der Waals surface area contributed by atoms with Crippen molar-refractivity contribution < 1.29 is 9.34 Å². The summed E-state index contributed by atoms with van der Waals surface area (Å²) in [6.07, 6.45) is 1.41. The lowest BCUT2D eigenvalue weighted by Gasteiger charge is -2.00. The van der Waals surface area contributed by atoms with Crippen LogP contribution in [0.3, 0.4) is 0 Å². The molecule has 1 rings (SSSR count). The third-order valence-corrected chi connectivity index (χ3v) is 1.67. The molecule has 1 heterocycles. The monoisotopic (exact) mass is 184 g/mol. The lowest BCUT2D eigenvalue weighted by molar-refractivity contribution is -0.402. The van der Waals surface area contributed by atoms with Gasteiger partial charge in [-0.1, -0.05) is 0 Å². The van der Waals surface area contributed by atoms with Crippen molar-refractivity contribution in [1.82, 2.24) is 0 Å². The zero-order valence-electron chi connectivity index (χ0n) is 7.40. The molecule has 5 nitrogen and oxygen atoms in total. The molecule has 0 bridgehead atoms. The molecule has 0 aliphatic rings. The van der Waals surface area contributed by atoms with Crippen LogP contribution in [0.5, 0.6) is 0 Å². The van der Waals surface area contributed by atoms with E-state index >= 15 is 0 Å². The van der Waals surface area contributed by atoms with Gasteiger partial charge in [-0.15, -0.1) is 0 Å². The Labute approximate surface area is 75.7 Å². The summed E-state index contributed by atoms with van der Waals surface area (Å²) in [4.78, 5) is 9.69. The molecule has 0 aliphatic carbocycles. The van der Waals surface area contributed by atoms with Crippen molar-refractivity contribution in [3.63, 3.8) is 0 Å². The fourth-order valence-corrected chi connectivity index (χ4v) is 0.969. The summed E-state index contributed by atoms with van der Waals surface area (Å²) in [6, 6.07) is 3.06. The lowest BCUT2D eigenvalue weighted by Crippen LogP contribution is -2.15. The summed E-state index contributed by atoms with van der Waals surface area (Å²) in [6.45, 7) is 1.89. The molecule has 0 saturated carbocycles. The number of furan rings is 1. The molecular formula is C8H12N2O3. The van der Waals surface area contributed by atoms with Crippen LogP contribution in [0.2, 0.25) is 0 Å². The summed E-state index contributed by atoms with van der Waals surface area (Å²) in [5, 5.41) is 10.2. The molecule has 0 aromatic carbocycles. The first-order valence-electron chi connectivity index (χ1n) is 4.08. The quantitative estimate of drug-likeness (QED) is 0.567. The highest BCUT2D eigenvalue weighted by Crippen LogP contribution is 2.16. The Hall–Kier alpha value is -1.36. The van der Waals surface area contributed by atoms with Gasteiger partial charge in [0.2, 0.25) is 0 Å². The van der Waals surface area contributed by atoms with E-state index < -0.39 is 4.92 Å². The van der Waals surface area contributed by atoms with Gasteiger partial charge in [0.25, 0.3) is 0 Å². The highest BCUT2D eigenvalue weighted by molar-refractivity contribution is 5.17. The fourth-order valence-electron chi connectivity index (χ4n) is 0.969. The maximum absolute atomic E-state index is 10.2. The largest absolute Gasteiger partial charge is 0.433 e. The maximum Gasteiger partial charge on any atom is 0.433 e. The van der Waals surface area contributed by atoms with Crippen LogP contribution in [0.1, 0.15) is 19.1 Å². The molecule has 5 heteroatoms. The molecule has 0 aliphatic heterocycles. The summed E-state index contributed by atoms with van der Waals surface area (Å²) in [5.41, 5.74) is 5.53. The van der Waals surface area contributed by atoms with E-state index in [2.05, 4.69) is 0 Å². The Bertz CT molecular complexity index is 293. The third-order valence-electron chi connectivity index (χ3n) is 1.67. The van der Waals surface area contributed by atoms with E-state index in [1.165, 1.54) is 6.07 Å². The predicted octanol–water partition coefficient (Wildman–Crippen LogP) is 1.47. The lowest BCUT2D eigenvalue weighted by atomic mass is 10.2. The molecule has 72 valence electrons. The van der Waals surface area contributed by atoms with E-state index in [1.54, 1.807) is 6.07 Å². The molecule has 0 fully saturated rings. The molecule has 0 unspecified atom stereocenters. The first-order valence-corrected chi connectivity index (χ1v) is 4.08. The Balaban J connectivity index is 2.54. The minimum atomic E-state index is -0.546. The highest BCUT2D eigenvalue weighted by atomic mass is 16.6. The van der Waals surface area contributed by atoms with Crippen LogP contribution >= 0.6 is 0 Å². The number of hydrogen-bond acceptors (Lipinski definition) is 4. The molecular weight excluding hydrogens is 172 g/mol. The summed E-state index contributed by atoms with van der Waals surface area (Å²) in [7, 11) is 0. The number of rotatable bonds is 4. The average Bonchev–Trinajstić information content (AvgIpc) is 2.48. The minimum absolute atomic E-state index is 0.0872. The van der Waals surface area contributed by atoms with E-state index in [0.717, 1.165) is 6.42 Å². The predicted molar refractivity (Wildman–Crippen MR) is 47.3 cm³/mol. The van der Waals surface area contributed by atoms with Gasteiger partial charge in [0.1, 0.15) is 10.7 Å². The van der Waals surface area contributed by atoms with Crippen LogP contribution in [0.4, 0.5) is 5.88 Å². The Kier molecular flexibility index (Phi) is 3.02. The molecule has 1 aromatic heterocycles. The number of nitrogens with zero attached hydrogens (tertiary/aromatic N) is 1. The first kappa shape index (κ1) is 9.73. The standard InChI is InChI=1S/C8H12N2O3/c1-6(9)2-3-7-4-5-8(13-7)10(11)12/h4-6H,2-3,9H2,1H3/t6-/m0/s1. The molecule has 1 aromatic rings. The van der Waals surface area contributed by atoms with E-state index in [9.17, 15) is 10.1 Å². The fraction of sp³-hybridized carbons (Fsp3) is 0.500. The van der Waals surface area contributed by atoms with Gasteiger partial charge in [-0.25, -0.2) is 0 Å². The van der Waals surface area contributed by atoms with Crippen LogP contribution in [-0.4, -0.2) is 11.0 Å². The Morgan fingerprint density at radius 1 is 1.69 bits per heavy atom. The van der Waals surface area contributed by atoms with Crippen LogP contribution in [0.15, 0.2) is 16.5 Å². The molecule has 0 spiro atoms. The first-order chi connectivity index (χ1) is 6.09. The van der Waals surface area contributed by atoms with Crippen molar-refractivity contribution in [2.75, 3.05) is 0 Å². The van der Waals surface area contributed by atoms with Gasteiger partial charge in [-0.3, -0.25) is 10.1 Å². The van der Waals surface area contributed by atoms with Crippen molar-refractivity contribution in [2.45, 2.75) is 25.8 Å². The zero-order chi connectivity index (χ0) is 9.84. The molecule has 0 radical (unpaired) electrons. The highest BCUT2D eigenvalue weighted by Gasteiger charge is 2.11. The number of nitrogens with two attached hydrogens (primary N) is 1. The topological polar surface area (TPSA) is 82.3 Å². The van der Waals surface area contributed by atoms with Gasteiger partial charge in [-0.05, 0) is 19.4 Å². The molecule has 0 saturated heterocycles. The van der Waals surface area contributed by atoms with Crippen molar-refractivity contribution in [3.05, 3.63) is 28.0 Å². The van der Waals surface area contributed by atoms with Crippen molar-refractivity contribution in [3.8, 4) is 0 Å². The minimum Gasteiger partial charge on any atom is -0.406 e. The van der Waals surface area contributed by atoms with Crippen molar-refractivity contribution >= 4 is 5.88 Å². The second-order valence-corrected chi connectivity index (χ2v) is 3.01. The molecule has 2 N–H and O–H groups in total. The van der Waals surface area contributed by atoms with E-state index in [4.69, 9.17) is 10.2 Å². The zero-order valence-corrected chi connectivity index (χ0v) is 7.40. The summed E-state index contributed by atoms with van der Waals surface area (Å²) in [5.74, 6) is 0.406. The van der Waals surface area contributed by atoms with Gasteiger partial charge >= 0.3 is 5.88 Å².